The number of benzene rings is 1. The Hall–Kier alpha value is -2.65. The number of pyridine rings is 2. The summed E-state index contributed by atoms with van der Waals surface area (Å²) in [5, 5.41) is 0. The van der Waals surface area contributed by atoms with Gasteiger partial charge in [-0.05, 0) is 50.4 Å². The smallest absolute Gasteiger partial charge is 0.511 e. The van der Waals surface area contributed by atoms with E-state index in [0.29, 0.717) is 0 Å². The first-order valence-electron chi connectivity index (χ1n) is 8.05. The molecule has 0 fully saturated rings. The van der Waals surface area contributed by atoms with Crippen LogP contribution in [0.1, 0.15) is 0 Å². The second-order valence-electron chi connectivity index (χ2n) is 5.64. The van der Waals surface area contributed by atoms with Crippen LogP contribution < -0.4 is 0 Å². The van der Waals surface area contributed by atoms with Crippen molar-refractivity contribution in [3.05, 3.63) is 92.0 Å². The molecule has 1 aromatic carbocycles. The molecule has 0 unspecified atom stereocenters. The molecule has 26 heavy (non-hydrogen) atoms. The van der Waals surface area contributed by atoms with Crippen LogP contribution in [0.5, 0.6) is 0 Å². The molecular weight excluding hydrogens is 367 g/mol. The predicted molar refractivity (Wildman–Crippen MR) is 101 cm³/mol. The summed E-state index contributed by atoms with van der Waals surface area (Å²) in [4.78, 5) is 12.9. The number of hydrogen-bond donors (Lipinski definition) is 0. The van der Waals surface area contributed by atoms with Crippen molar-refractivity contribution in [2.75, 3.05) is 14.1 Å². The number of nitrogens with zero attached hydrogens (tertiary/aromatic N) is 4. The average Bonchev–Trinajstić information content (AvgIpc) is 3.06. The first-order chi connectivity index (χ1) is 12.2. The minimum Gasteiger partial charge on any atom is -0.511 e. The van der Waals surface area contributed by atoms with Crippen LogP contribution in [0.4, 0.5) is 0 Å². The molecule has 0 saturated carbocycles. The van der Waals surface area contributed by atoms with Crippen molar-refractivity contribution in [2.24, 2.45) is 0 Å². The molecule has 3 aromatic rings. The molecule has 2 aromatic heterocycles. The van der Waals surface area contributed by atoms with Crippen molar-refractivity contribution >= 4 is 0 Å². The summed E-state index contributed by atoms with van der Waals surface area (Å²) in [6.07, 6.45) is 5.78. The van der Waals surface area contributed by atoms with E-state index in [0.717, 1.165) is 22.6 Å². The quantitative estimate of drug-likeness (QED) is 0.491. The topological polar surface area (TPSA) is 32.3 Å². The molecule has 0 amide bonds. The molecular formula is C21H20N4Ni. The number of hydrogen-bond acceptors (Lipinski definition) is 4. The van der Waals surface area contributed by atoms with Crippen LogP contribution in [0.2, 0.25) is 0 Å². The third-order valence-electron chi connectivity index (χ3n) is 3.56. The maximum atomic E-state index is 4.62. The summed E-state index contributed by atoms with van der Waals surface area (Å²) >= 11 is 0. The average molecular weight is 387 g/mol. The molecule has 4 rings (SSSR count). The van der Waals surface area contributed by atoms with E-state index in [2.05, 4.69) is 16.0 Å². The molecule has 4 nitrogen and oxygen atoms in total. The van der Waals surface area contributed by atoms with Crippen molar-refractivity contribution in [3.63, 3.8) is 0 Å². The fourth-order valence-corrected chi connectivity index (χ4v) is 2.37. The maximum absolute atomic E-state index is 4.62. The third-order valence-corrected chi connectivity index (χ3v) is 3.56. The second-order valence-corrected chi connectivity index (χ2v) is 5.64. The summed E-state index contributed by atoms with van der Waals surface area (Å²) in [6.45, 7) is 2.00. The molecule has 0 spiro atoms. The van der Waals surface area contributed by atoms with Gasteiger partial charge in [0.05, 0.1) is 11.4 Å². The summed E-state index contributed by atoms with van der Waals surface area (Å²) in [5.41, 5.74) is 3.68. The van der Waals surface area contributed by atoms with Gasteiger partial charge in [0.1, 0.15) is 0 Å². The van der Waals surface area contributed by atoms with E-state index in [-0.39, 0.29) is 16.5 Å². The monoisotopic (exact) mass is 386 g/mol. The molecule has 0 radical (unpaired) electrons. The van der Waals surface area contributed by atoms with E-state index < -0.39 is 0 Å². The van der Waals surface area contributed by atoms with Crippen LogP contribution in [0.15, 0.2) is 79.3 Å². The molecule has 134 valence electrons. The second kappa shape index (κ2) is 9.74. The Labute approximate surface area is 165 Å². The number of aromatic nitrogens is 2. The summed E-state index contributed by atoms with van der Waals surface area (Å²) < 4.78 is 0. The van der Waals surface area contributed by atoms with E-state index in [9.17, 15) is 0 Å². The van der Waals surface area contributed by atoms with Crippen molar-refractivity contribution in [2.45, 2.75) is 0 Å². The zero-order valence-corrected chi connectivity index (χ0v) is 15.7. The number of rotatable bonds is 2. The van der Waals surface area contributed by atoms with E-state index >= 15 is 0 Å². The fraction of sp³-hybridized carbons (Fsp3) is 0.0952. The minimum atomic E-state index is 0. The van der Waals surface area contributed by atoms with E-state index in [1.54, 1.807) is 6.20 Å². The molecule has 5 heteroatoms. The van der Waals surface area contributed by atoms with E-state index in [1.165, 1.54) is 0 Å². The van der Waals surface area contributed by atoms with Crippen LogP contribution in [0.3, 0.4) is 0 Å². The van der Waals surface area contributed by atoms with Gasteiger partial charge in [-0.15, -0.1) is 35.9 Å². The molecule has 0 bridgehead atoms. The zero-order valence-electron chi connectivity index (χ0n) is 14.7. The van der Waals surface area contributed by atoms with Crippen LogP contribution in [0.25, 0.3) is 22.6 Å². The molecule has 0 aliphatic carbocycles. The molecule has 0 atom stereocenters. The van der Waals surface area contributed by atoms with Gasteiger partial charge in [0.25, 0.3) is 0 Å². The van der Waals surface area contributed by atoms with Crippen LogP contribution in [0, 0.1) is 12.7 Å². The third kappa shape index (κ3) is 5.43. The maximum Gasteiger partial charge on any atom is 2.00 e. The molecule has 1 aliphatic heterocycles. The summed E-state index contributed by atoms with van der Waals surface area (Å²) in [6, 6.07) is 22.8. The SMILES string of the molecule is CN1C=CN(C)[CH-]1.[Ni+2].[c-]1ccccc1-c1cccc(-c2ccccn2)n1. The van der Waals surface area contributed by atoms with Gasteiger partial charge in [-0.3, -0.25) is 9.97 Å². The largest absolute Gasteiger partial charge is 2.00 e. The van der Waals surface area contributed by atoms with Gasteiger partial charge in [-0.25, -0.2) is 0 Å². The Morgan fingerprint density at radius 1 is 0.808 bits per heavy atom. The van der Waals surface area contributed by atoms with Gasteiger partial charge < -0.3 is 9.80 Å². The van der Waals surface area contributed by atoms with Gasteiger partial charge >= 0.3 is 16.5 Å². The first kappa shape index (κ1) is 19.7. The van der Waals surface area contributed by atoms with Crippen LogP contribution in [-0.2, 0) is 16.5 Å². The standard InChI is InChI=1S/C16H11N2.C5H9N2.Ni/c1-2-7-13(8-3-1)14-10-6-11-16(18-14)15-9-4-5-12-17-15;1-6-3-4-7(2)5-6;/h1-7,9-12H;3-5H,1-2H3;/q2*-1;+2. The van der Waals surface area contributed by atoms with Crippen molar-refractivity contribution in [1.29, 1.82) is 0 Å². The van der Waals surface area contributed by atoms with Crippen molar-refractivity contribution < 1.29 is 16.5 Å². The van der Waals surface area contributed by atoms with Gasteiger partial charge in [0.2, 0.25) is 0 Å². The normalized spacial score (nSPS) is 12.2. The van der Waals surface area contributed by atoms with E-state index in [4.69, 9.17) is 0 Å². The van der Waals surface area contributed by atoms with Crippen molar-refractivity contribution in [1.82, 2.24) is 19.8 Å². The summed E-state index contributed by atoms with van der Waals surface area (Å²) in [5.74, 6) is 0. The Kier molecular flexibility index (Phi) is 7.37. The Balaban J connectivity index is 0.000000258. The van der Waals surface area contributed by atoms with Gasteiger partial charge in [0.15, 0.2) is 0 Å². The van der Waals surface area contributed by atoms with Crippen LogP contribution in [-0.4, -0.2) is 33.9 Å². The van der Waals surface area contributed by atoms with Crippen LogP contribution >= 0.6 is 0 Å². The minimum absolute atomic E-state index is 0. The predicted octanol–water partition coefficient (Wildman–Crippen LogP) is 4.06. The first-order valence-corrected chi connectivity index (χ1v) is 8.05. The molecule has 1 aliphatic rings. The van der Waals surface area contributed by atoms with E-state index in [1.807, 2.05) is 104 Å². The Morgan fingerprint density at radius 2 is 1.50 bits per heavy atom. The fourth-order valence-electron chi connectivity index (χ4n) is 2.37. The van der Waals surface area contributed by atoms with Gasteiger partial charge in [0, 0.05) is 6.20 Å². The Morgan fingerprint density at radius 3 is 2.08 bits per heavy atom. The van der Waals surface area contributed by atoms with Gasteiger partial charge in [-0.1, -0.05) is 18.2 Å². The zero-order chi connectivity index (χ0) is 17.5. The molecule has 0 saturated heterocycles. The Bertz CT molecular complexity index is 757. The summed E-state index contributed by atoms with van der Waals surface area (Å²) in [7, 11) is 4.00. The van der Waals surface area contributed by atoms with Crippen molar-refractivity contribution in [3.8, 4) is 22.6 Å². The molecule has 3 heterocycles. The van der Waals surface area contributed by atoms with Gasteiger partial charge in [-0.2, -0.15) is 6.67 Å². The molecule has 0 N–H and O–H groups in total.